The molecule has 0 saturated carbocycles. The lowest BCUT2D eigenvalue weighted by atomic mass is 9.92. The second kappa shape index (κ2) is 9.93. The summed E-state index contributed by atoms with van der Waals surface area (Å²) in [5.41, 5.74) is 12.3. The molecule has 1 aliphatic rings. The van der Waals surface area contributed by atoms with Crippen LogP contribution >= 0.6 is 0 Å². The monoisotopic (exact) mass is 654 g/mol. The van der Waals surface area contributed by atoms with Crippen molar-refractivity contribution in [2.24, 2.45) is 0 Å². The van der Waals surface area contributed by atoms with Crippen molar-refractivity contribution in [3.63, 3.8) is 0 Å². The number of benzene rings is 7. The van der Waals surface area contributed by atoms with Crippen LogP contribution in [0.5, 0.6) is 0 Å². The lowest BCUT2D eigenvalue weighted by molar-refractivity contribution is 0.659. The predicted molar refractivity (Wildman–Crippen MR) is 204 cm³/mol. The Morgan fingerprint density at radius 2 is 1.12 bits per heavy atom. The molecule has 7 aromatic carbocycles. The quantitative estimate of drug-likeness (QED) is 0.190. The van der Waals surface area contributed by atoms with Crippen molar-refractivity contribution in [2.45, 2.75) is 12.3 Å². The van der Waals surface area contributed by atoms with E-state index >= 15 is 0 Å². The smallest absolute Gasteiger partial charge is 0.180 e. The van der Waals surface area contributed by atoms with Gasteiger partial charge in [-0.25, -0.2) is 9.97 Å². The van der Waals surface area contributed by atoms with Gasteiger partial charge in [0.1, 0.15) is 45.0 Å². The minimum Gasteiger partial charge on any atom is -0.456 e. The molecule has 4 heterocycles. The largest absolute Gasteiger partial charge is 0.456 e. The molecule has 1 unspecified atom stereocenters. The Bertz CT molecular complexity index is 3250. The third-order valence-corrected chi connectivity index (χ3v) is 10.9. The van der Waals surface area contributed by atoms with Crippen LogP contribution < -0.4 is 0 Å². The highest BCUT2D eigenvalue weighted by atomic mass is 16.3. The first-order chi connectivity index (χ1) is 25.3. The number of nitrogens with zero attached hydrogens (tertiary/aromatic N) is 2. The molecule has 4 aromatic heterocycles. The average molecular weight is 655 g/mol. The van der Waals surface area contributed by atoms with Crippen LogP contribution in [0.2, 0.25) is 0 Å². The second-order valence-corrected chi connectivity index (χ2v) is 13.6. The minimum atomic E-state index is 0.105. The summed E-state index contributed by atoms with van der Waals surface area (Å²) in [7, 11) is 0. The summed E-state index contributed by atoms with van der Waals surface area (Å²) in [6, 6.07) is 48.6. The van der Waals surface area contributed by atoms with Gasteiger partial charge in [0.05, 0.1) is 0 Å². The van der Waals surface area contributed by atoms with Crippen LogP contribution in [0.25, 0.3) is 99.1 Å². The molecule has 5 heteroatoms. The highest BCUT2D eigenvalue weighted by molar-refractivity contribution is 6.27. The van der Waals surface area contributed by atoms with E-state index < -0.39 is 0 Å². The SMILES string of the molecule is c1ccc2c(c1)-c1c(ccc3ccccc13)C2Cc1nc(-c2cccc3c2oc2ccc4oc5ccccc5c4c23)c2oc3ccccc3c2n1. The molecule has 0 N–H and O–H groups in total. The third-order valence-electron chi connectivity index (χ3n) is 10.9. The van der Waals surface area contributed by atoms with Gasteiger partial charge in [-0.15, -0.1) is 0 Å². The maximum Gasteiger partial charge on any atom is 0.180 e. The van der Waals surface area contributed by atoms with Crippen molar-refractivity contribution in [3.8, 4) is 22.4 Å². The Balaban J connectivity index is 1.11. The average Bonchev–Trinajstić information content (AvgIpc) is 3.94. The zero-order chi connectivity index (χ0) is 33.2. The van der Waals surface area contributed by atoms with E-state index in [0.717, 1.165) is 77.4 Å². The molecule has 0 amide bonds. The Morgan fingerprint density at radius 1 is 0.451 bits per heavy atom. The molecule has 0 saturated heterocycles. The molecule has 0 aliphatic heterocycles. The van der Waals surface area contributed by atoms with Crippen LogP contribution in [0.1, 0.15) is 22.9 Å². The van der Waals surface area contributed by atoms with E-state index in [1.165, 1.54) is 33.0 Å². The lowest BCUT2D eigenvalue weighted by Crippen LogP contribution is -2.06. The molecule has 1 aliphatic carbocycles. The number of aromatic nitrogens is 2. The Hall–Kier alpha value is -6.72. The molecular weight excluding hydrogens is 629 g/mol. The van der Waals surface area contributed by atoms with E-state index in [1.807, 2.05) is 48.5 Å². The number of hydrogen-bond acceptors (Lipinski definition) is 5. The van der Waals surface area contributed by atoms with Crippen LogP contribution in [0.3, 0.4) is 0 Å². The van der Waals surface area contributed by atoms with Crippen molar-refractivity contribution in [1.82, 2.24) is 9.97 Å². The van der Waals surface area contributed by atoms with Gasteiger partial charge in [-0.05, 0) is 69.4 Å². The molecule has 0 spiro atoms. The predicted octanol–water partition coefficient (Wildman–Crippen LogP) is 12.3. The maximum absolute atomic E-state index is 6.75. The van der Waals surface area contributed by atoms with E-state index in [1.54, 1.807) is 0 Å². The fourth-order valence-electron chi connectivity index (χ4n) is 8.68. The molecule has 0 fully saturated rings. The summed E-state index contributed by atoms with van der Waals surface area (Å²) in [6.07, 6.45) is 0.641. The third kappa shape index (κ3) is 3.69. The number of rotatable bonds is 3. The highest BCUT2D eigenvalue weighted by Gasteiger charge is 2.32. The van der Waals surface area contributed by atoms with Gasteiger partial charge in [0.15, 0.2) is 5.58 Å². The van der Waals surface area contributed by atoms with Gasteiger partial charge in [-0.1, -0.05) is 103 Å². The number of hydrogen-bond donors (Lipinski definition) is 0. The van der Waals surface area contributed by atoms with E-state index in [-0.39, 0.29) is 5.92 Å². The molecule has 0 radical (unpaired) electrons. The summed E-state index contributed by atoms with van der Waals surface area (Å²) >= 11 is 0. The standard InChI is InChI=1S/C46H26N2O3/c1-2-11-26-25(10-1)20-21-29-34(27-12-3-4-13-28(27)40(26)29)24-39-47-43-31-15-6-8-19-36(31)50-46(43)44(48-39)33-17-9-16-32-42-38(51-45(32)33)23-22-37-41(42)30-14-5-7-18-35(30)49-37/h1-23,34H,24H2. The van der Waals surface area contributed by atoms with Crippen molar-refractivity contribution < 1.29 is 13.3 Å². The van der Waals surface area contributed by atoms with E-state index in [4.69, 9.17) is 23.2 Å². The Morgan fingerprint density at radius 3 is 2.02 bits per heavy atom. The van der Waals surface area contributed by atoms with Gasteiger partial charge >= 0.3 is 0 Å². The van der Waals surface area contributed by atoms with Crippen LogP contribution in [0, 0.1) is 0 Å². The van der Waals surface area contributed by atoms with Crippen molar-refractivity contribution in [1.29, 1.82) is 0 Å². The summed E-state index contributed by atoms with van der Waals surface area (Å²) < 4.78 is 19.6. The van der Waals surface area contributed by atoms with Crippen molar-refractivity contribution in [2.75, 3.05) is 0 Å². The molecule has 238 valence electrons. The van der Waals surface area contributed by atoms with Crippen LogP contribution in [0.4, 0.5) is 0 Å². The second-order valence-electron chi connectivity index (χ2n) is 13.6. The first-order valence-corrected chi connectivity index (χ1v) is 17.3. The molecule has 51 heavy (non-hydrogen) atoms. The van der Waals surface area contributed by atoms with E-state index in [0.29, 0.717) is 12.0 Å². The number of fused-ring (bicyclic) bond motifs is 15. The first-order valence-electron chi connectivity index (χ1n) is 17.3. The fraction of sp³-hybridized carbons (Fsp3) is 0.0435. The zero-order valence-electron chi connectivity index (χ0n) is 27.2. The van der Waals surface area contributed by atoms with Crippen LogP contribution in [-0.2, 0) is 6.42 Å². The van der Waals surface area contributed by atoms with Gasteiger partial charge in [0.25, 0.3) is 0 Å². The highest BCUT2D eigenvalue weighted by Crippen LogP contribution is 2.50. The van der Waals surface area contributed by atoms with Gasteiger partial charge in [0, 0.05) is 44.8 Å². The van der Waals surface area contributed by atoms with Crippen LogP contribution in [0.15, 0.2) is 153 Å². The zero-order valence-corrected chi connectivity index (χ0v) is 27.2. The first kappa shape index (κ1) is 27.1. The summed E-state index contributed by atoms with van der Waals surface area (Å²) in [5, 5.41) is 7.67. The number of para-hydroxylation sites is 3. The molecule has 0 bridgehead atoms. The van der Waals surface area contributed by atoms with Gasteiger partial charge < -0.3 is 13.3 Å². The Labute approximate surface area is 290 Å². The topological polar surface area (TPSA) is 65.2 Å². The van der Waals surface area contributed by atoms with Crippen molar-refractivity contribution in [3.05, 3.63) is 156 Å². The minimum absolute atomic E-state index is 0.105. The van der Waals surface area contributed by atoms with Gasteiger partial charge in [-0.3, -0.25) is 0 Å². The maximum atomic E-state index is 6.75. The van der Waals surface area contributed by atoms with E-state index in [9.17, 15) is 0 Å². The van der Waals surface area contributed by atoms with Gasteiger partial charge in [0.2, 0.25) is 0 Å². The van der Waals surface area contributed by atoms with Crippen molar-refractivity contribution >= 4 is 76.7 Å². The number of furan rings is 3. The lowest BCUT2D eigenvalue weighted by Gasteiger charge is -2.14. The normalized spacial score (nSPS) is 14.2. The fourth-order valence-corrected chi connectivity index (χ4v) is 8.68. The molecule has 1 atom stereocenters. The van der Waals surface area contributed by atoms with Gasteiger partial charge in [-0.2, -0.15) is 0 Å². The summed E-state index contributed by atoms with van der Waals surface area (Å²) in [6.45, 7) is 0. The molecule has 5 nitrogen and oxygen atoms in total. The van der Waals surface area contributed by atoms with E-state index in [2.05, 4.69) is 91.0 Å². The summed E-state index contributed by atoms with van der Waals surface area (Å²) in [4.78, 5) is 10.6. The molecule has 11 aromatic rings. The summed E-state index contributed by atoms with van der Waals surface area (Å²) in [5.74, 6) is 0.870. The van der Waals surface area contributed by atoms with Crippen LogP contribution in [-0.4, -0.2) is 9.97 Å². The molecule has 12 rings (SSSR count). The Kier molecular flexibility index (Phi) is 5.28. The molecular formula is C46H26N2O3.